The lowest BCUT2D eigenvalue weighted by molar-refractivity contribution is 0.560. The first-order valence-corrected chi connectivity index (χ1v) is 4.47. The fourth-order valence-corrected chi connectivity index (χ4v) is 1.96. The molecular weight excluding hydrogens is 148 g/mol. The van der Waals surface area contributed by atoms with E-state index in [1.54, 1.807) is 11.8 Å². The molecule has 0 fully saturated rings. The van der Waals surface area contributed by atoms with E-state index in [1.165, 1.54) is 24.0 Å². The van der Waals surface area contributed by atoms with Crippen molar-refractivity contribution in [1.82, 2.24) is 0 Å². The lowest BCUT2D eigenvalue weighted by atomic mass is 9.96. The number of rotatable bonds is 1. The molecule has 0 aliphatic heterocycles. The predicted octanol–water partition coefficient (Wildman–Crippen LogP) is 3.49. The maximum absolute atomic E-state index is 5.09. The topological polar surface area (TPSA) is 13.1 Å². The molecular formula is C11H14O. The molecule has 0 bridgehead atoms. The van der Waals surface area contributed by atoms with Crippen molar-refractivity contribution >= 4 is 0 Å². The van der Waals surface area contributed by atoms with Crippen LogP contribution < -0.4 is 0 Å². The molecule has 1 heteroatoms. The molecule has 1 aromatic heterocycles. The molecule has 1 atom stereocenters. The third-order valence-electron chi connectivity index (χ3n) is 2.95. The average molecular weight is 162 g/mol. The summed E-state index contributed by atoms with van der Waals surface area (Å²) in [5.41, 5.74) is 4.43. The van der Waals surface area contributed by atoms with Crippen LogP contribution in [0.25, 0.3) is 0 Å². The molecule has 1 unspecified atom stereocenters. The van der Waals surface area contributed by atoms with Gasteiger partial charge >= 0.3 is 0 Å². The van der Waals surface area contributed by atoms with Gasteiger partial charge in [0.15, 0.2) is 0 Å². The van der Waals surface area contributed by atoms with Gasteiger partial charge in [0.05, 0.1) is 12.5 Å². The molecule has 1 nitrogen and oxygen atoms in total. The minimum atomic E-state index is 0.628. The molecule has 0 N–H and O–H groups in total. The molecule has 0 saturated carbocycles. The van der Waals surface area contributed by atoms with Gasteiger partial charge in [0.1, 0.15) is 0 Å². The second kappa shape index (κ2) is 2.81. The summed E-state index contributed by atoms with van der Waals surface area (Å²) in [5.74, 6) is 0.628. The molecule has 0 saturated heterocycles. The van der Waals surface area contributed by atoms with Crippen LogP contribution in [0.15, 0.2) is 34.2 Å². The number of hydrogen-bond donors (Lipinski definition) is 0. The summed E-state index contributed by atoms with van der Waals surface area (Å²) in [5, 5.41) is 0. The molecule has 64 valence electrons. The van der Waals surface area contributed by atoms with E-state index in [-0.39, 0.29) is 0 Å². The third kappa shape index (κ3) is 1.09. The Balaban J connectivity index is 2.28. The molecule has 12 heavy (non-hydrogen) atoms. The highest BCUT2D eigenvalue weighted by molar-refractivity contribution is 5.31. The van der Waals surface area contributed by atoms with Crippen molar-refractivity contribution in [3.05, 3.63) is 35.3 Å². The predicted molar refractivity (Wildman–Crippen MR) is 49.1 cm³/mol. The van der Waals surface area contributed by atoms with E-state index in [4.69, 9.17) is 4.42 Å². The fourth-order valence-electron chi connectivity index (χ4n) is 1.96. The standard InChI is InChI=1S/C11H14O/c1-8-3-4-11(9(8)2)10-5-6-12-7-10/h5-7,11H,3-4H2,1-2H3. The maximum Gasteiger partial charge on any atom is 0.0940 e. The van der Waals surface area contributed by atoms with E-state index in [0.717, 1.165) is 0 Å². The van der Waals surface area contributed by atoms with Crippen LogP contribution in [0.3, 0.4) is 0 Å². The van der Waals surface area contributed by atoms with Gasteiger partial charge in [-0.1, -0.05) is 11.1 Å². The van der Waals surface area contributed by atoms with Gasteiger partial charge in [-0.25, -0.2) is 0 Å². The van der Waals surface area contributed by atoms with Gasteiger partial charge in [-0.05, 0) is 38.3 Å². The molecule has 0 amide bonds. The maximum atomic E-state index is 5.09. The Morgan fingerprint density at radius 1 is 1.42 bits per heavy atom. The zero-order valence-corrected chi connectivity index (χ0v) is 7.63. The summed E-state index contributed by atoms with van der Waals surface area (Å²) in [6, 6.07) is 2.08. The Labute approximate surface area is 73.1 Å². The van der Waals surface area contributed by atoms with Crippen molar-refractivity contribution in [1.29, 1.82) is 0 Å². The first kappa shape index (κ1) is 7.66. The van der Waals surface area contributed by atoms with Gasteiger partial charge in [-0.3, -0.25) is 0 Å². The van der Waals surface area contributed by atoms with Gasteiger partial charge < -0.3 is 4.42 Å². The zero-order valence-electron chi connectivity index (χ0n) is 7.63. The summed E-state index contributed by atoms with van der Waals surface area (Å²) >= 11 is 0. The molecule has 0 radical (unpaired) electrons. The van der Waals surface area contributed by atoms with Crippen LogP contribution in [0.4, 0.5) is 0 Å². The average Bonchev–Trinajstić information content (AvgIpc) is 2.64. The van der Waals surface area contributed by atoms with E-state index < -0.39 is 0 Å². The lowest BCUT2D eigenvalue weighted by Gasteiger charge is -2.07. The number of furan rings is 1. The van der Waals surface area contributed by atoms with Crippen LogP contribution in [-0.4, -0.2) is 0 Å². The Morgan fingerprint density at radius 2 is 2.25 bits per heavy atom. The molecule has 0 spiro atoms. The SMILES string of the molecule is CC1=C(C)C(c2ccoc2)CC1. The van der Waals surface area contributed by atoms with Crippen molar-refractivity contribution in [2.75, 3.05) is 0 Å². The lowest BCUT2D eigenvalue weighted by Crippen LogP contribution is -1.92. The van der Waals surface area contributed by atoms with Crippen molar-refractivity contribution in [2.45, 2.75) is 32.6 Å². The first-order chi connectivity index (χ1) is 5.79. The first-order valence-electron chi connectivity index (χ1n) is 4.47. The second-order valence-corrected chi connectivity index (χ2v) is 3.61. The van der Waals surface area contributed by atoms with E-state index in [9.17, 15) is 0 Å². The summed E-state index contributed by atoms with van der Waals surface area (Å²) in [7, 11) is 0. The van der Waals surface area contributed by atoms with Crippen LogP contribution >= 0.6 is 0 Å². The number of allylic oxidation sites excluding steroid dienone is 2. The normalized spacial score (nSPS) is 23.7. The van der Waals surface area contributed by atoms with Crippen molar-refractivity contribution < 1.29 is 4.42 Å². The van der Waals surface area contributed by atoms with Crippen molar-refractivity contribution in [2.24, 2.45) is 0 Å². The van der Waals surface area contributed by atoms with Crippen LogP contribution in [0.2, 0.25) is 0 Å². The molecule has 0 aromatic carbocycles. The zero-order chi connectivity index (χ0) is 8.55. The Kier molecular flexibility index (Phi) is 1.80. The van der Waals surface area contributed by atoms with Gasteiger partial charge in [-0.2, -0.15) is 0 Å². The number of hydrogen-bond acceptors (Lipinski definition) is 1. The van der Waals surface area contributed by atoms with Crippen molar-refractivity contribution in [3.8, 4) is 0 Å². The molecule has 1 aliphatic carbocycles. The highest BCUT2D eigenvalue weighted by atomic mass is 16.3. The van der Waals surface area contributed by atoms with Gasteiger partial charge in [0.2, 0.25) is 0 Å². The minimum absolute atomic E-state index is 0.628. The molecule has 1 aliphatic rings. The highest BCUT2D eigenvalue weighted by Crippen LogP contribution is 2.38. The van der Waals surface area contributed by atoms with Gasteiger partial charge in [-0.15, -0.1) is 0 Å². The molecule has 1 aromatic rings. The van der Waals surface area contributed by atoms with E-state index >= 15 is 0 Å². The minimum Gasteiger partial charge on any atom is -0.472 e. The summed E-state index contributed by atoms with van der Waals surface area (Å²) in [6.07, 6.45) is 6.14. The van der Waals surface area contributed by atoms with Gasteiger partial charge in [0, 0.05) is 5.92 Å². The highest BCUT2D eigenvalue weighted by Gasteiger charge is 2.21. The Bertz CT molecular complexity index is 293. The van der Waals surface area contributed by atoms with Crippen LogP contribution in [0, 0.1) is 0 Å². The third-order valence-corrected chi connectivity index (χ3v) is 2.95. The van der Waals surface area contributed by atoms with Crippen LogP contribution in [-0.2, 0) is 0 Å². The van der Waals surface area contributed by atoms with Crippen LogP contribution in [0.5, 0.6) is 0 Å². The van der Waals surface area contributed by atoms with E-state index in [2.05, 4.69) is 19.9 Å². The fraction of sp³-hybridized carbons (Fsp3) is 0.455. The van der Waals surface area contributed by atoms with E-state index in [1.807, 2.05) is 6.26 Å². The quantitative estimate of drug-likeness (QED) is 0.576. The Hall–Kier alpha value is -0.980. The second-order valence-electron chi connectivity index (χ2n) is 3.61. The summed E-state index contributed by atoms with van der Waals surface area (Å²) in [6.45, 7) is 4.47. The largest absolute Gasteiger partial charge is 0.472 e. The van der Waals surface area contributed by atoms with Gasteiger partial charge in [0.25, 0.3) is 0 Å². The summed E-state index contributed by atoms with van der Waals surface area (Å²) < 4.78 is 5.09. The van der Waals surface area contributed by atoms with E-state index in [0.29, 0.717) is 5.92 Å². The van der Waals surface area contributed by atoms with Crippen molar-refractivity contribution in [3.63, 3.8) is 0 Å². The van der Waals surface area contributed by atoms with Crippen LogP contribution in [0.1, 0.15) is 38.2 Å². The Morgan fingerprint density at radius 3 is 2.75 bits per heavy atom. The summed E-state index contributed by atoms with van der Waals surface area (Å²) in [4.78, 5) is 0. The molecule has 2 rings (SSSR count). The molecule has 1 heterocycles. The smallest absolute Gasteiger partial charge is 0.0940 e. The monoisotopic (exact) mass is 162 g/mol.